The van der Waals surface area contributed by atoms with Gasteiger partial charge in [0.15, 0.2) is 0 Å². The van der Waals surface area contributed by atoms with Gasteiger partial charge in [-0.1, -0.05) is 36.4 Å². The summed E-state index contributed by atoms with van der Waals surface area (Å²) in [6.07, 6.45) is -0.928. The van der Waals surface area contributed by atoms with Gasteiger partial charge in [0.05, 0.1) is 27.2 Å². The van der Waals surface area contributed by atoms with Gasteiger partial charge >= 0.3 is 6.09 Å². The summed E-state index contributed by atoms with van der Waals surface area (Å²) < 4.78 is 6.37. The minimum absolute atomic E-state index is 0.0804. The molecule has 0 radical (unpaired) electrons. The molecule has 1 aliphatic rings. The van der Waals surface area contributed by atoms with Crippen molar-refractivity contribution >= 4 is 50.5 Å². The second-order valence-electron chi connectivity index (χ2n) is 9.75. The van der Waals surface area contributed by atoms with E-state index in [1.54, 1.807) is 51.1 Å². The molecule has 1 aliphatic heterocycles. The Bertz CT molecular complexity index is 1620. The highest BCUT2D eigenvalue weighted by Gasteiger charge is 2.59. The van der Waals surface area contributed by atoms with Crippen LogP contribution in [0.4, 0.5) is 21.9 Å². The molecule has 2 amide bonds. The zero-order chi connectivity index (χ0) is 27.4. The maximum absolute atomic E-state index is 14.6. The second kappa shape index (κ2) is 8.73. The number of nitrogens with zero attached hydrogens (tertiary/aromatic N) is 3. The molecule has 2 heterocycles. The van der Waals surface area contributed by atoms with Crippen LogP contribution in [0.5, 0.6) is 0 Å². The Labute approximate surface area is 220 Å². The third-order valence-electron chi connectivity index (χ3n) is 6.24. The fraction of sp³-hybridized carbons (Fsp3) is 0.185. The lowest BCUT2D eigenvalue weighted by Crippen LogP contribution is -2.46. The van der Waals surface area contributed by atoms with Gasteiger partial charge in [-0.15, -0.1) is 11.3 Å². The van der Waals surface area contributed by atoms with Gasteiger partial charge in [0.25, 0.3) is 17.3 Å². The summed E-state index contributed by atoms with van der Waals surface area (Å²) in [5, 5.41) is 24.6. The molecule has 0 aliphatic carbocycles. The van der Waals surface area contributed by atoms with Crippen LogP contribution in [0.25, 0.3) is 10.1 Å². The number of nitro benzene ring substituents is 2. The summed E-state index contributed by atoms with van der Waals surface area (Å²) in [5.74, 6) is -0.767. The standard InChI is InChI=1S/C27H21N3O7S/c1-26(2,3)37-25(32)28-20-10-6-5-9-18(20)27(24(28)31,23-14-16-8-4-7-11-22(16)38-23)19-13-12-17(29(33)34)15-21(19)30(35)36/h4-15H,1-3H3/t27-/m0/s1. The number of carbonyl (C=O) groups excluding carboxylic acids is 2. The van der Waals surface area contributed by atoms with Crippen LogP contribution in [0.3, 0.4) is 0 Å². The Balaban J connectivity index is 1.89. The van der Waals surface area contributed by atoms with Crippen LogP contribution >= 0.6 is 11.3 Å². The summed E-state index contributed by atoms with van der Waals surface area (Å²) in [6, 6.07) is 18.9. The summed E-state index contributed by atoms with van der Waals surface area (Å²) in [6.45, 7) is 4.99. The maximum atomic E-state index is 14.6. The maximum Gasteiger partial charge on any atom is 0.421 e. The zero-order valence-electron chi connectivity index (χ0n) is 20.5. The van der Waals surface area contributed by atoms with Crippen molar-refractivity contribution in [2.24, 2.45) is 0 Å². The van der Waals surface area contributed by atoms with Crippen molar-refractivity contribution < 1.29 is 24.2 Å². The van der Waals surface area contributed by atoms with E-state index in [4.69, 9.17) is 4.74 Å². The quantitative estimate of drug-likeness (QED) is 0.222. The molecule has 4 aromatic rings. The minimum Gasteiger partial charge on any atom is -0.443 e. The number of imide groups is 1. The first kappa shape index (κ1) is 25.0. The van der Waals surface area contributed by atoms with Crippen LogP contribution in [-0.4, -0.2) is 27.4 Å². The molecule has 1 atom stereocenters. The first-order chi connectivity index (χ1) is 17.9. The molecule has 38 heavy (non-hydrogen) atoms. The number of ether oxygens (including phenoxy) is 1. The monoisotopic (exact) mass is 531 g/mol. The number of hydrogen-bond donors (Lipinski definition) is 0. The van der Waals surface area contributed by atoms with E-state index in [9.17, 15) is 29.8 Å². The third kappa shape index (κ3) is 3.79. The normalized spacial score (nSPS) is 16.9. The Morgan fingerprint density at radius 2 is 1.61 bits per heavy atom. The lowest BCUT2D eigenvalue weighted by molar-refractivity contribution is -0.394. The van der Waals surface area contributed by atoms with Crippen molar-refractivity contribution in [1.82, 2.24) is 0 Å². The molecule has 3 aromatic carbocycles. The van der Waals surface area contributed by atoms with E-state index in [1.807, 2.05) is 24.3 Å². The average molecular weight is 532 g/mol. The van der Waals surface area contributed by atoms with Crippen molar-refractivity contribution in [2.75, 3.05) is 4.90 Å². The first-order valence-electron chi connectivity index (χ1n) is 11.5. The van der Waals surface area contributed by atoms with Gasteiger partial charge in [-0.05, 0) is 50.4 Å². The van der Waals surface area contributed by atoms with Crippen LogP contribution in [0.15, 0.2) is 72.8 Å². The summed E-state index contributed by atoms with van der Waals surface area (Å²) in [7, 11) is 0. The molecule has 0 fully saturated rings. The van der Waals surface area contributed by atoms with Crippen LogP contribution in [0, 0.1) is 20.2 Å². The van der Waals surface area contributed by atoms with E-state index in [1.165, 1.54) is 17.4 Å². The highest BCUT2D eigenvalue weighted by atomic mass is 32.1. The van der Waals surface area contributed by atoms with Gasteiger partial charge in [-0.3, -0.25) is 25.0 Å². The molecular weight excluding hydrogens is 510 g/mol. The lowest BCUT2D eigenvalue weighted by Gasteiger charge is -2.28. The lowest BCUT2D eigenvalue weighted by atomic mass is 9.73. The van der Waals surface area contributed by atoms with E-state index in [-0.39, 0.29) is 11.3 Å². The number of non-ortho nitro benzene ring substituents is 1. The molecule has 0 saturated heterocycles. The number of rotatable bonds is 4. The van der Waals surface area contributed by atoms with Crippen LogP contribution in [0.2, 0.25) is 0 Å². The molecule has 0 spiro atoms. The van der Waals surface area contributed by atoms with Crippen molar-refractivity contribution in [2.45, 2.75) is 31.8 Å². The molecule has 5 rings (SSSR count). The predicted molar refractivity (Wildman–Crippen MR) is 142 cm³/mol. The molecule has 11 heteroatoms. The predicted octanol–water partition coefficient (Wildman–Crippen LogP) is 6.33. The third-order valence-corrected chi connectivity index (χ3v) is 7.47. The summed E-state index contributed by atoms with van der Waals surface area (Å²) in [5.41, 5.74) is -3.39. The SMILES string of the molecule is CC(C)(C)OC(=O)N1C(=O)[C@](c2cc3ccccc3s2)(c2ccc([N+](=O)[O-])cc2[N+](=O)[O-])c2ccccc21. The van der Waals surface area contributed by atoms with Gasteiger partial charge in [0.2, 0.25) is 0 Å². The fourth-order valence-electron chi connectivity index (χ4n) is 4.77. The van der Waals surface area contributed by atoms with Gasteiger partial charge in [0.1, 0.15) is 11.0 Å². The number of thiophene rings is 1. The number of nitro groups is 2. The van der Waals surface area contributed by atoms with Crippen molar-refractivity contribution in [3.05, 3.63) is 109 Å². The van der Waals surface area contributed by atoms with Gasteiger partial charge in [-0.25, -0.2) is 9.69 Å². The van der Waals surface area contributed by atoms with E-state index < -0.39 is 44.2 Å². The van der Waals surface area contributed by atoms with Gasteiger partial charge in [-0.2, -0.15) is 0 Å². The highest BCUT2D eigenvalue weighted by molar-refractivity contribution is 7.19. The zero-order valence-corrected chi connectivity index (χ0v) is 21.4. The molecule has 1 aromatic heterocycles. The number of benzene rings is 3. The molecule has 0 bridgehead atoms. The van der Waals surface area contributed by atoms with Crippen LogP contribution < -0.4 is 4.90 Å². The highest BCUT2D eigenvalue weighted by Crippen LogP contribution is 2.55. The summed E-state index contributed by atoms with van der Waals surface area (Å²) in [4.78, 5) is 51.5. The molecule has 0 saturated carbocycles. The Hall–Kier alpha value is -4.64. The number of carbonyl (C=O) groups is 2. The van der Waals surface area contributed by atoms with Crippen LogP contribution in [0.1, 0.15) is 36.8 Å². The Morgan fingerprint density at radius 3 is 2.26 bits per heavy atom. The van der Waals surface area contributed by atoms with E-state index >= 15 is 0 Å². The average Bonchev–Trinajstić information content (AvgIpc) is 3.39. The summed E-state index contributed by atoms with van der Waals surface area (Å²) >= 11 is 1.26. The molecular formula is C27H21N3O7S. The number of hydrogen-bond acceptors (Lipinski definition) is 8. The second-order valence-corrected chi connectivity index (χ2v) is 10.8. The largest absolute Gasteiger partial charge is 0.443 e. The van der Waals surface area contributed by atoms with Crippen molar-refractivity contribution in [1.29, 1.82) is 0 Å². The molecule has 0 N–H and O–H groups in total. The van der Waals surface area contributed by atoms with Crippen molar-refractivity contribution in [3.8, 4) is 0 Å². The van der Waals surface area contributed by atoms with E-state index in [0.29, 0.717) is 10.4 Å². The number of para-hydroxylation sites is 1. The molecule has 10 nitrogen and oxygen atoms in total. The van der Waals surface area contributed by atoms with Gasteiger partial charge in [0, 0.05) is 21.2 Å². The minimum atomic E-state index is -1.84. The van der Waals surface area contributed by atoms with Gasteiger partial charge < -0.3 is 4.74 Å². The number of anilines is 1. The van der Waals surface area contributed by atoms with E-state index in [0.717, 1.165) is 27.1 Å². The van der Waals surface area contributed by atoms with E-state index in [2.05, 4.69) is 0 Å². The molecule has 192 valence electrons. The first-order valence-corrected chi connectivity index (χ1v) is 12.4. The molecule has 0 unspecified atom stereocenters. The number of amides is 2. The smallest absolute Gasteiger partial charge is 0.421 e. The van der Waals surface area contributed by atoms with Crippen molar-refractivity contribution in [3.63, 3.8) is 0 Å². The number of fused-ring (bicyclic) bond motifs is 2. The topological polar surface area (TPSA) is 133 Å². The van der Waals surface area contributed by atoms with Crippen LogP contribution in [-0.2, 0) is 14.9 Å². The fourth-order valence-corrected chi connectivity index (χ4v) is 6.04. The Morgan fingerprint density at radius 1 is 0.921 bits per heavy atom. The Kier molecular flexibility index (Phi) is 5.75.